The van der Waals surface area contributed by atoms with E-state index in [1.165, 1.54) is 0 Å². The van der Waals surface area contributed by atoms with Crippen LogP contribution < -0.4 is 5.32 Å². The number of carbonyl (C=O) groups is 1. The second kappa shape index (κ2) is 9.79. The number of aromatic nitrogens is 1. The minimum Gasteiger partial charge on any atom is -0.383 e. The van der Waals surface area contributed by atoms with Crippen LogP contribution in [0.25, 0.3) is 0 Å². The second-order valence-electron chi connectivity index (χ2n) is 6.32. The van der Waals surface area contributed by atoms with Gasteiger partial charge in [0.2, 0.25) is 0 Å². The number of methoxy groups -OCH3 is 1. The molecule has 134 valence electrons. The Bertz CT molecular complexity index is 632. The maximum absolute atomic E-state index is 12.9. The van der Waals surface area contributed by atoms with Gasteiger partial charge in [0.15, 0.2) is 0 Å². The Morgan fingerprint density at radius 3 is 2.48 bits per heavy atom. The zero-order chi connectivity index (χ0) is 18.1. The minimum atomic E-state index is -0.106. The number of rotatable bonds is 8. The standard InChI is InChI=1S/C20H27N3O2/c1-16(2)19(17-9-5-4-6-10-17)22-20(24)23(13-14-25-3)15-18-11-7-8-12-21-18/h4-12,16,19H,13-15H2,1-3H3,(H,22,24)/t19-/m1/s1. The lowest BCUT2D eigenvalue weighted by molar-refractivity contribution is 0.142. The molecule has 0 bridgehead atoms. The van der Waals surface area contributed by atoms with Gasteiger partial charge in [-0.05, 0) is 23.6 Å². The van der Waals surface area contributed by atoms with E-state index in [9.17, 15) is 4.79 Å². The van der Waals surface area contributed by atoms with Crippen LogP contribution in [0.4, 0.5) is 4.79 Å². The van der Waals surface area contributed by atoms with Crippen LogP contribution in [0.15, 0.2) is 54.7 Å². The van der Waals surface area contributed by atoms with E-state index < -0.39 is 0 Å². The molecule has 0 aliphatic heterocycles. The summed E-state index contributed by atoms with van der Waals surface area (Å²) in [5, 5.41) is 3.17. The lowest BCUT2D eigenvalue weighted by Gasteiger charge is -2.28. The highest BCUT2D eigenvalue weighted by molar-refractivity contribution is 5.74. The number of ether oxygens (including phenoxy) is 1. The first kappa shape index (κ1) is 18.9. The summed E-state index contributed by atoms with van der Waals surface area (Å²) >= 11 is 0. The fourth-order valence-electron chi connectivity index (χ4n) is 2.66. The van der Waals surface area contributed by atoms with E-state index >= 15 is 0 Å². The van der Waals surface area contributed by atoms with Crippen LogP contribution in [0.2, 0.25) is 0 Å². The topological polar surface area (TPSA) is 54.5 Å². The average Bonchev–Trinajstić information content (AvgIpc) is 2.64. The molecule has 0 radical (unpaired) electrons. The molecule has 0 saturated carbocycles. The highest BCUT2D eigenvalue weighted by Crippen LogP contribution is 2.21. The van der Waals surface area contributed by atoms with Gasteiger partial charge in [-0.3, -0.25) is 4.98 Å². The van der Waals surface area contributed by atoms with Gasteiger partial charge in [0, 0.05) is 19.9 Å². The summed E-state index contributed by atoms with van der Waals surface area (Å²) < 4.78 is 5.16. The molecule has 1 atom stereocenters. The number of hydrogen-bond acceptors (Lipinski definition) is 3. The summed E-state index contributed by atoms with van der Waals surface area (Å²) in [6.07, 6.45) is 1.74. The first-order valence-electron chi connectivity index (χ1n) is 8.61. The van der Waals surface area contributed by atoms with E-state index in [1.807, 2.05) is 48.5 Å². The third-order valence-electron chi connectivity index (χ3n) is 4.04. The molecule has 1 aromatic carbocycles. The summed E-state index contributed by atoms with van der Waals surface area (Å²) in [4.78, 5) is 18.9. The molecule has 5 nitrogen and oxygen atoms in total. The monoisotopic (exact) mass is 341 g/mol. The molecule has 25 heavy (non-hydrogen) atoms. The van der Waals surface area contributed by atoms with Crippen LogP contribution in [0.5, 0.6) is 0 Å². The van der Waals surface area contributed by atoms with Crippen molar-refractivity contribution in [2.75, 3.05) is 20.3 Å². The van der Waals surface area contributed by atoms with Crippen LogP contribution >= 0.6 is 0 Å². The molecule has 1 aromatic heterocycles. The zero-order valence-electron chi connectivity index (χ0n) is 15.2. The number of nitrogens with one attached hydrogen (secondary N) is 1. The summed E-state index contributed by atoms with van der Waals surface area (Å²) in [6, 6.07) is 15.6. The van der Waals surface area contributed by atoms with Gasteiger partial charge in [0.05, 0.1) is 24.9 Å². The van der Waals surface area contributed by atoms with E-state index in [4.69, 9.17) is 4.74 Å². The molecule has 2 aromatic rings. The van der Waals surface area contributed by atoms with Gasteiger partial charge in [-0.25, -0.2) is 4.79 Å². The van der Waals surface area contributed by atoms with Crippen molar-refractivity contribution in [2.24, 2.45) is 5.92 Å². The summed E-state index contributed by atoms with van der Waals surface area (Å²) in [7, 11) is 1.64. The van der Waals surface area contributed by atoms with Crippen molar-refractivity contribution in [3.05, 3.63) is 66.0 Å². The fraction of sp³-hybridized carbons (Fsp3) is 0.400. The lowest BCUT2D eigenvalue weighted by Crippen LogP contribution is -2.44. The molecule has 1 N–H and O–H groups in total. The zero-order valence-corrected chi connectivity index (χ0v) is 15.2. The molecule has 0 unspecified atom stereocenters. The van der Waals surface area contributed by atoms with E-state index in [0.29, 0.717) is 19.7 Å². The molecule has 5 heteroatoms. The number of urea groups is 1. The van der Waals surface area contributed by atoms with Gasteiger partial charge in [-0.2, -0.15) is 0 Å². The van der Waals surface area contributed by atoms with E-state index in [1.54, 1.807) is 18.2 Å². The fourth-order valence-corrected chi connectivity index (χ4v) is 2.66. The highest BCUT2D eigenvalue weighted by Gasteiger charge is 2.22. The van der Waals surface area contributed by atoms with Crippen molar-refractivity contribution in [1.82, 2.24) is 15.2 Å². The van der Waals surface area contributed by atoms with Crippen LogP contribution in [0.3, 0.4) is 0 Å². The van der Waals surface area contributed by atoms with Gasteiger partial charge < -0.3 is 15.0 Å². The number of amides is 2. The third kappa shape index (κ3) is 5.87. The smallest absolute Gasteiger partial charge is 0.318 e. The van der Waals surface area contributed by atoms with Crippen molar-refractivity contribution in [2.45, 2.75) is 26.4 Å². The molecular formula is C20H27N3O2. The van der Waals surface area contributed by atoms with Crippen LogP contribution in [0, 0.1) is 5.92 Å². The predicted octanol–water partition coefficient (Wildman–Crippen LogP) is 3.64. The van der Waals surface area contributed by atoms with E-state index in [-0.39, 0.29) is 18.0 Å². The van der Waals surface area contributed by atoms with Crippen molar-refractivity contribution in [3.63, 3.8) is 0 Å². The molecule has 0 fully saturated rings. The third-order valence-corrected chi connectivity index (χ3v) is 4.04. The number of nitrogens with zero attached hydrogens (tertiary/aromatic N) is 2. The van der Waals surface area contributed by atoms with E-state index in [0.717, 1.165) is 11.3 Å². The number of benzene rings is 1. The molecular weight excluding hydrogens is 314 g/mol. The van der Waals surface area contributed by atoms with Crippen LogP contribution in [-0.2, 0) is 11.3 Å². The maximum Gasteiger partial charge on any atom is 0.318 e. The Kier molecular flexibility index (Phi) is 7.41. The Morgan fingerprint density at radius 2 is 1.88 bits per heavy atom. The highest BCUT2D eigenvalue weighted by atomic mass is 16.5. The number of pyridine rings is 1. The lowest BCUT2D eigenvalue weighted by atomic mass is 9.96. The van der Waals surface area contributed by atoms with Gasteiger partial charge in [-0.1, -0.05) is 50.2 Å². The quantitative estimate of drug-likeness (QED) is 0.797. The van der Waals surface area contributed by atoms with Crippen molar-refractivity contribution in [3.8, 4) is 0 Å². The summed E-state index contributed by atoms with van der Waals surface area (Å²) in [6.45, 7) is 5.67. The van der Waals surface area contributed by atoms with Gasteiger partial charge in [0.25, 0.3) is 0 Å². The molecule has 0 aliphatic carbocycles. The normalized spacial score (nSPS) is 12.0. The summed E-state index contributed by atoms with van der Waals surface area (Å²) in [5.41, 5.74) is 1.96. The first-order chi connectivity index (χ1) is 12.1. The Morgan fingerprint density at radius 1 is 1.16 bits per heavy atom. The Hall–Kier alpha value is -2.40. The Balaban J connectivity index is 2.11. The van der Waals surface area contributed by atoms with Crippen LogP contribution in [0.1, 0.15) is 31.1 Å². The minimum absolute atomic E-state index is 0.0394. The van der Waals surface area contributed by atoms with Gasteiger partial charge in [-0.15, -0.1) is 0 Å². The molecule has 0 saturated heterocycles. The molecule has 0 aliphatic rings. The average molecular weight is 341 g/mol. The van der Waals surface area contributed by atoms with Gasteiger partial charge >= 0.3 is 6.03 Å². The number of hydrogen-bond donors (Lipinski definition) is 1. The molecule has 2 amide bonds. The Labute approximate surface area is 150 Å². The molecule has 2 rings (SSSR count). The second-order valence-corrected chi connectivity index (χ2v) is 6.32. The van der Waals surface area contributed by atoms with Crippen molar-refractivity contribution >= 4 is 6.03 Å². The maximum atomic E-state index is 12.9. The number of carbonyl (C=O) groups excluding carboxylic acids is 1. The van der Waals surface area contributed by atoms with Crippen molar-refractivity contribution < 1.29 is 9.53 Å². The summed E-state index contributed by atoms with van der Waals surface area (Å²) in [5.74, 6) is 0.283. The van der Waals surface area contributed by atoms with Crippen LogP contribution in [-0.4, -0.2) is 36.2 Å². The first-order valence-corrected chi connectivity index (χ1v) is 8.61. The predicted molar refractivity (Wildman–Crippen MR) is 99.1 cm³/mol. The largest absolute Gasteiger partial charge is 0.383 e. The van der Waals surface area contributed by atoms with E-state index in [2.05, 4.69) is 24.1 Å². The molecule has 1 heterocycles. The SMILES string of the molecule is COCCN(Cc1ccccn1)C(=O)N[C@@H](c1ccccc1)C(C)C. The van der Waals surface area contributed by atoms with Crippen molar-refractivity contribution in [1.29, 1.82) is 0 Å². The molecule has 0 spiro atoms. The van der Waals surface area contributed by atoms with Gasteiger partial charge in [0.1, 0.15) is 0 Å².